The summed E-state index contributed by atoms with van der Waals surface area (Å²) in [7, 11) is -0.581. The number of rotatable bonds is 8. The largest absolute Gasteiger partial charge is 0.497 e. The molecule has 9 heteroatoms. The van der Waals surface area contributed by atoms with Crippen molar-refractivity contribution in [2.75, 3.05) is 30.1 Å². The molecule has 0 bridgehead atoms. The third kappa shape index (κ3) is 5.74. The van der Waals surface area contributed by atoms with Crippen LogP contribution in [0.15, 0.2) is 71.2 Å². The van der Waals surface area contributed by atoms with E-state index in [9.17, 15) is 14.7 Å². The Morgan fingerprint density at radius 3 is 2.52 bits per heavy atom. The number of carbonyl (C=O) groups excluding carboxylic acids is 2. The van der Waals surface area contributed by atoms with Crippen LogP contribution in [0.2, 0.25) is 18.6 Å². The minimum absolute atomic E-state index is 0.0116. The maximum atomic E-state index is 14.9. The van der Waals surface area contributed by atoms with Gasteiger partial charge in [-0.05, 0) is 72.8 Å². The monoisotopic (exact) mass is 704 g/mol. The quantitative estimate of drug-likeness (QED) is 0.258. The number of amides is 2. The molecule has 244 valence electrons. The third-order valence-corrected chi connectivity index (χ3v) is 15.5. The van der Waals surface area contributed by atoms with Crippen LogP contribution >= 0.6 is 15.9 Å². The van der Waals surface area contributed by atoms with Crippen LogP contribution in [0.1, 0.15) is 56.6 Å². The minimum Gasteiger partial charge on any atom is -0.497 e. The summed E-state index contributed by atoms with van der Waals surface area (Å²) in [4.78, 5) is 31.7. The zero-order valence-corrected chi connectivity index (χ0v) is 29.9. The van der Waals surface area contributed by atoms with Crippen LogP contribution in [0.4, 0.5) is 11.4 Å². The van der Waals surface area contributed by atoms with Gasteiger partial charge in [-0.1, -0.05) is 78.2 Å². The standard InChI is InChI=1S/C37H45BrN2O5Si/c1-25-35(46(3,4)30-16-14-29(44-2)15-17-30)33(19-21-41)45-37(25)31-23-27(38)13-18-32(31)40(36(37)43)24-26-10-9-11-28(22-26)39-20-8-6-5-7-12-34(39)42/h9-11,13-18,22-23,25,33,35,41H,5-8,12,19-21,24H2,1-4H3/t25-,33+,35-,37+/m0/s1. The number of anilines is 2. The average molecular weight is 706 g/mol. The van der Waals surface area contributed by atoms with Crippen LogP contribution in [-0.4, -0.2) is 51.4 Å². The summed E-state index contributed by atoms with van der Waals surface area (Å²) in [6.45, 7) is 7.94. The number of fused-ring (bicyclic) bond motifs is 2. The van der Waals surface area contributed by atoms with E-state index in [2.05, 4.69) is 54.1 Å². The lowest BCUT2D eigenvalue weighted by Crippen LogP contribution is -2.51. The van der Waals surface area contributed by atoms with E-state index in [1.54, 1.807) is 7.11 Å². The van der Waals surface area contributed by atoms with Gasteiger partial charge < -0.3 is 24.4 Å². The molecule has 3 aromatic rings. The second-order valence-electron chi connectivity index (χ2n) is 13.6. The summed E-state index contributed by atoms with van der Waals surface area (Å²) >= 11 is 3.68. The van der Waals surface area contributed by atoms with Gasteiger partial charge in [0.25, 0.3) is 5.91 Å². The van der Waals surface area contributed by atoms with Crippen LogP contribution in [0.3, 0.4) is 0 Å². The van der Waals surface area contributed by atoms with E-state index in [0.717, 1.165) is 65.0 Å². The molecule has 46 heavy (non-hydrogen) atoms. The second-order valence-corrected chi connectivity index (χ2v) is 19.2. The summed E-state index contributed by atoms with van der Waals surface area (Å²) in [5, 5.41) is 11.5. The first-order valence-corrected chi connectivity index (χ1v) is 20.4. The minimum atomic E-state index is -2.25. The van der Waals surface area contributed by atoms with E-state index in [1.165, 1.54) is 5.19 Å². The van der Waals surface area contributed by atoms with E-state index in [0.29, 0.717) is 19.4 Å². The molecule has 0 aromatic heterocycles. The molecule has 2 amide bonds. The number of aliphatic hydroxyl groups is 1. The fourth-order valence-corrected chi connectivity index (χ4v) is 12.7. The highest BCUT2D eigenvalue weighted by molar-refractivity contribution is 9.10. The summed E-state index contributed by atoms with van der Waals surface area (Å²) < 4.78 is 13.4. The Morgan fingerprint density at radius 1 is 1.02 bits per heavy atom. The molecule has 3 aliphatic rings. The molecule has 1 N–H and O–H groups in total. The molecule has 0 unspecified atom stereocenters. The molecule has 0 aliphatic carbocycles. The van der Waals surface area contributed by atoms with Crippen LogP contribution in [0, 0.1) is 5.92 Å². The lowest BCUT2D eigenvalue weighted by molar-refractivity contribution is -0.146. The maximum Gasteiger partial charge on any atom is 0.264 e. The highest BCUT2D eigenvalue weighted by Gasteiger charge is 2.66. The Kier molecular flexibility index (Phi) is 9.49. The number of aliphatic hydroxyl groups excluding tert-OH is 1. The smallest absolute Gasteiger partial charge is 0.264 e. The molecule has 3 heterocycles. The molecular weight excluding hydrogens is 660 g/mol. The number of benzene rings is 3. The zero-order valence-electron chi connectivity index (χ0n) is 27.3. The van der Waals surface area contributed by atoms with Crippen molar-refractivity contribution >= 4 is 52.4 Å². The van der Waals surface area contributed by atoms with Crippen LogP contribution in [-0.2, 0) is 26.5 Å². The third-order valence-electron chi connectivity index (χ3n) is 10.6. The fourth-order valence-electron chi connectivity index (χ4n) is 8.28. The average Bonchev–Trinajstić information content (AvgIpc) is 3.46. The maximum absolute atomic E-state index is 14.9. The number of hydrogen-bond acceptors (Lipinski definition) is 5. The Hall–Kier alpha value is -2.98. The van der Waals surface area contributed by atoms with E-state index >= 15 is 0 Å². The number of carbonyl (C=O) groups is 2. The summed E-state index contributed by atoms with van der Waals surface area (Å²) in [5.74, 6) is 0.781. The van der Waals surface area contributed by atoms with E-state index in [1.807, 2.05) is 58.3 Å². The van der Waals surface area contributed by atoms with Crippen molar-refractivity contribution in [3.8, 4) is 5.75 Å². The van der Waals surface area contributed by atoms with Crippen molar-refractivity contribution in [3.05, 3.63) is 82.3 Å². The predicted molar refractivity (Wildman–Crippen MR) is 188 cm³/mol. The molecule has 1 spiro atoms. The molecule has 2 fully saturated rings. The van der Waals surface area contributed by atoms with Crippen molar-refractivity contribution in [1.29, 1.82) is 0 Å². The Bertz CT molecular complexity index is 1600. The fraction of sp³-hybridized carbons (Fsp3) is 0.459. The predicted octanol–water partition coefficient (Wildman–Crippen LogP) is 6.90. The summed E-state index contributed by atoms with van der Waals surface area (Å²) in [6, 6.07) is 22.4. The van der Waals surface area contributed by atoms with Crippen molar-refractivity contribution in [1.82, 2.24) is 0 Å². The van der Waals surface area contributed by atoms with Gasteiger partial charge in [0.1, 0.15) is 5.75 Å². The van der Waals surface area contributed by atoms with Crippen molar-refractivity contribution in [2.24, 2.45) is 5.92 Å². The Morgan fingerprint density at radius 2 is 1.78 bits per heavy atom. The highest BCUT2D eigenvalue weighted by atomic mass is 79.9. The molecule has 0 saturated carbocycles. The molecular formula is C37H45BrN2O5Si. The number of ether oxygens (including phenoxy) is 2. The van der Waals surface area contributed by atoms with Gasteiger partial charge in [-0.3, -0.25) is 9.59 Å². The first-order chi connectivity index (χ1) is 22.1. The topological polar surface area (TPSA) is 79.3 Å². The summed E-state index contributed by atoms with van der Waals surface area (Å²) in [6.07, 6.45) is 4.92. The van der Waals surface area contributed by atoms with Gasteiger partial charge in [0.15, 0.2) is 5.60 Å². The van der Waals surface area contributed by atoms with Gasteiger partial charge in [0.05, 0.1) is 33.5 Å². The summed E-state index contributed by atoms with van der Waals surface area (Å²) in [5.41, 5.74) is 2.48. The SMILES string of the molecule is COc1ccc([Si](C)(C)[C@@H]2[C@@H](CCO)O[C@]3(C(=O)N(Cc4cccc(N5CCCCCCC5=O)c4)c4ccc(Br)cc43)[C@H]2C)cc1. The molecule has 6 rings (SSSR count). The van der Waals surface area contributed by atoms with Gasteiger partial charge in [-0.15, -0.1) is 0 Å². The van der Waals surface area contributed by atoms with Crippen LogP contribution < -0.4 is 19.7 Å². The second kappa shape index (κ2) is 13.3. The molecule has 4 atom stereocenters. The molecule has 3 aliphatic heterocycles. The van der Waals surface area contributed by atoms with E-state index in [4.69, 9.17) is 9.47 Å². The van der Waals surface area contributed by atoms with Gasteiger partial charge in [0, 0.05) is 41.2 Å². The molecule has 7 nitrogen and oxygen atoms in total. The molecule has 3 aromatic carbocycles. The van der Waals surface area contributed by atoms with Gasteiger partial charge in [-0.25, -0.2) is 0 Å². The molecule has 2 saturated heterocycles. The lowest BCUT2D eigenvalue weighted by atomic mass is 9.82. The van der Waals surface area contributed by atoms with E-state index in [-0.39, 0.29) is 36.0 Å². The number of nitrogens with zero attached hydrogens (tertiary/aromatic N) is 2. The van der Waals surface area contributed by atoms with Crippen LogP contribution in [0.25, 0.3) is 0 Å². The number of methoxy groups -OCH3 is 1. The number of halogens is 1. The van der Waals surface area contributed by atoms with Gasteiger partial charge in [-0.2, -0.15) is 0 Å². The van der Waals surface area contributed by atoms with Gasteiger partial charge >= 0.3 is 0 Å². The Labute approximate surface area is 282 Å². The normalized spacial score (nSPS) is 25.1. The first kappa shape index (κ1) is 32.9. The highest BCUT2D eigenvalue weighted by Crippen LogP contribution is 2.60. The van der Waals surface area contributed by atoms with Gasteiger partial charge in [0.2, 0.25) is 5.91 Å². The number of hydrogen-bond donors (Lipinski definition) is 1. The van der Waals surface area contributed by atoms with Crippen LogP contribution in [0.5, 0.6) is 5.75 Å². The van der Waals surface area contributed by atoms with E-state index < -0.39 is 13.7 Å². The zero-order chi connectivity index (χ0) is 32.6. The van der Waals surface area contributed by atoms with Crippen molar-refractivity contribution in [3.63, 3.8) is 0 Å². The lowest BCUT2D eigenvalue weighted by Gasteiger charge is -2.37. The van der Waals surface area contributed by atoms with Crippen molar-refractivity contribution in [2.45, 2.75) is 82.3 Å². The van der Waals surface area contributed by atoms with Crippen molar-refractivity contribution < 1.29 is 24.2 Å². The molecule has 0 radical (unpaired) electrons. The first-order valence-electron chi connectivity index (χ1n) is 16.6. The Balaban J connectivity index is 1.37.